The largest absolute Gasteiger partial charge is 0.387 e. The van der Waals surface area contributed by atoms with Crippen molar-refractivity contribution in [2.75, 3.05) is 19.6 Å². The maximum atomic E-state index is 7.66. The molecule has 0 aromatic heterocycles. The lowest BCUT2D eigenvalue weighted by Crippen LogP contribution is -2.46. The Hall–Kier alpha value is -0.570. The highest BCUT2D eigenvalue weighted by atomic mass is 15.1. The second kappa shape index (κ2) is 5.38. The number of amidine groups is 1. The van der Waals surface area contributed by atoms with E-state index in [1.165, 1.54) is 38.6 Å². The molecule has 1 saturated heterocycles. The summed E-state index contributed by atoms with van der Waals surface area (Å²) in [6.07, 6.45) is 9.30. The number of hydrogen-bond acceptors (Lipinski definition) is 2. The smallest absolute Gasteiger partial charge is 0.0966 e. The van der Waals surface area contributed by atoms with E-state index in [9.17, 15) is 0 Å². The normalized spacial score (nSPS) is 26.9. The monoisotopic (exact) mass is 237 g/mol. The number of hydrogen-bond donors (Lipinski definition) is 2. The molecular formula is C14H27N3. The van der Waals surface area contributed by atoms with Gasteiger partial charge in [-0.15, -0.1) is 0 Å². The lowest BCUT2D eigenvalue weighted by Gasteiger charge is -2.40. The molecule has 0 aromatic rings. The molecule has 17 heavy (non-hydrogen) atoms. The van der Waals surface area contributed by atoms with Crippen LogP contribution in [0.2, 0.25) is 0 Å². The topological polar surface area (TPSA) is 53.1 Å². The summed E-state index contributed by atoms with van der Waals surface area (Å²) in [6, 6.07) is 0. The highest BCUT2D eigenvalue weighted by molar-refractivity contribution is 5.83. The molecule has 2 fully saturated rings. The van der Waals surface area contributed by atoms with E-state index in [1.54, 1.807) is 0 Å². The quantitative estimate of drug-likeness (QED) is 0.585. The van der Waals surface area contributed by atoms with Crippen LogP contribution in [0.4, 0.5) is 0 Å². The zero-order valence-corrected chi connectivity index (χ0v) is 11.2. The lowest BCUT2D eigenvalue weighted by atomic mass is 9.79. The SMILES string of the molecule is CC1(C(=N)N)CCN(CC2CCCCC2)CC1. The maximum Gasteiger partial charge on any atom is 0.0966 e. The Morgan fingerprint density at radius 2 is 1.82 bits per heavy atom. The molecule has 0 bridgehead atoms. The third-order valence-corrected chi connectivity index (χ3v) is 4.85. The minimum absolute atomic E-state index is 0.0247. The standard InChI is InChI=1S/C14H27N3/c1-14(13(15)16)7-9-17(10-8-14)11-12-5-3-2-4-6-12/h12H,2-11H2,1H3,(H3,15,16). The predicted molar refractivity (Wildman–Crippen MR) is 72.3 cm³/mol. The van der Waals surface area contributed by atoms with Crippen molar-refractivity contribution in [3.05, 3.63) is 0 Å². The number of rotatable bonds is 3. The average Bonchev–Trinajstić information content (AvgIpc) is 2.33. The number of nitrogens with one attached hydrogen (secondary N) is 1. The van der Waals surface area contributed by atoms with Gasteiger partial charge in [-0.3, -0.25) is 5.41 Å². The molecule has 0 aromatic carbocycles. The van der Waals surface area contributed by atoms with Crippen LogP contribution < -0.4 is 5.73 Å². The Morgan fingerprint density at radius 1 is 1.24 bits per heavy atom. The van der Waals surface area contributed by atoms with Gasteiger partial charge >= 0.3 is 0 Å². The van der Waals surface area contributed by atoms with Crippen molar-refractivity contribution in [1.29, 1.82) is 5.41 Å². The molecule has 3 N–H and O–H groups in total. The minimum atomic E-state index is -0.0247. The molecule has 1 heterocycles. The Bertz CT molecular complexity index is 261. The van der Waals surface area contributed by atoms with Crippen LogP contribution in [0.1, 0.15) is 51.9 Å². The van der Waals surface area contributed by atoms with Crippen molar-refractivity contribution < 1.29 is 0 Å². The summed E-state index contributed by atoms with van der Waals surface area (Å²) < 4.78 is 0. The molecule has 1 saturated carbocycles. The van der Waals surface area contributed by atoms with Crippen LogP contribution in [-0.2, 0) is 0 Å². The molecule has 0 spiro atoms. The zero-order chi connectivity index (χ0) is 12.3. The Morgan fingerprint density at radius 3 is 2.35 bits per heavy atom. The van der Waals surface area contributed by atoms with Crippen molar-refractivity contribution in [3.63, 3.8) is 0 Å². The second-order valence-electron chi connectivity index (χ2n) is 6.28. The third-order valence-electron chi connectivity index (χ3n) is 4.85. The van der Waals surface area contributed by atoms with Crippen LogP contribution in [0.3, 0.4) is 0 Å². The lowest BCUT2D eigenvalue weighted by molar-refractivity contribution is 0.130. The molecule has 0 unspecified atom stereocenters. The Kier molecular flexibility index (Phi) is 4.08. The van der Waals surface area contributed by atoms with Gasteiger partial charge in [-0.2, -0.15) is 0 Å². The van der Waals surface area contributed by atoms with E-state index in [2.05, 4.69) is 11.8 Å². The van der Waals surface area contributed by atoms with Gasteiger partial charge in [-0.05, 0) is 44.7 Å². The maximum absolute atomic E-state index is 7.66. The molecule has 2 rings (SSSR count). The summed E-state index contributed by atoms with van der Waals surface area (Å²) in [6.45, 7) is 5.69. The van der Waals surface area contributed by atoms with Crippen LogP contribution in [0.15, 0.2) is 0 Å². The van der Waals surface area contributed by atoms with E-state index >= 15 is 0 Å². The first-order valence-electron chi connectivity index (χ1n) is 7.17. The summed E-state index contributed by atoms with van der Waals surface area (Å²) in [4.78, 5) is 2.60. The van der Waals surface area contributed by atoms with Gasteiger partial charge in [-0.25, -0.2) is 0 Å². The van der Waals surface area contributed by atoms with Crippen LogP contribution in [-0.4, -0.2) is 30.4 Å². The van der Waals surface area contributed by atoms with Gasteiger partial charge < -0.3 is 10.6 Å². The van der Waals surface area contributed by atoms with E-state index in [0.29, 0.717) is 5.84 Å². The first-order chi connectivity index (χ1) is 8.10. The molecule has 1 aliphatic carbocycles. The zero-order valence-electron chi connectivity index (χ0n) is 11.2. The molecule has 98 valence electrons. The summed E-state index contributed by atoms with van der Waals surface area (Å²) >= 11 is 0. The summed E-state index contributed by atoms with van der Waals surface area (Å²) in [5.41, 5.74) is 5.67. The fourth-order valence-corrected chi connectivity index (χ4v) is 3.23. The van der Waals surface area contributed by atoms with Crippen LogP contribution >= 0.6 is 0 Å². The van der Waals surface area contributed by atoms with E-state index in [-0.39, 0.29) is 5.41 Å². The van der Waals surface area contributed by atoms with Gasteiger partial charge in [0.1, 0.15) is 0 Å². The number of likely N-dealkylation sites (tertiary alicyclic amines) is 1. The number of piperidine rings is 1. The number of nitrogens with zero attached hydrogens (tertiary/aromatic N) is 1. The summed E-state index contributed by atoms with van der Waals surface area (Å²) in [5.74, 6) is 1.32. The van der Waals surface area contributed by atoms with E-state index in [1.807, 2.05) is 0 Å². The Balaban J connectivity index is 1.77. The summed E-state index contributed by atoms with van der Waals surface area (Å²) in [7, 11) is 0. The van der Waals surface area contributed by atoms with Gasteiger partial charge in [0.25, 0.3) is 0 Å². The molecule has 1 aliphatic heterocycles. The van der Waals surface area contributed by atoms with Gasteiger partial charge in [0, 0.05) is 12.0 Å². The Labute approximate surface area is 105 Å². The number of nitrogens with two attached hydrogens (primary N) is 1. The molecule has 2 aliphatic rings. The molecular weight excluding hydrogens is 210 g/mol. The minimum Gasteiger partial charge on any atom is -0.387 e. The highest BCUT2D eigenvalue weighted by Crippen LogP contribution is 2.32. The molecule has 0 atom stereocenters. The van der Waals surface area contributed by atoms with Crippen molar-refractivity contribution in [1.82, 2.24) is 4.90 Å². The highest BCUT2D eigenvalue weighted by Gasteiger charge is 2.33. The fourth-order valence-electron chi connectivity index (χ4n) is 3.23. The van der Waals surface area contributed by atoms with E-state index < -0.39 is 0 Å². The molecule has 0 radical (unpaired) electrons. The second-order valence-corrected chi connectivity index (χ2v) is 6.28. The average molecular weight is 237 g/mol. The first kappa shape index (κ1) is 12.9. The van der Waals surface area contributed by atoms with Crippen molar-refractivity contribution in [2.24, 2.45) is 17.1 Å². The van der Waals surface area contributed by atoms with Gasteiger partial charge in [-0.1, -0.05) is 26.2 Å². The van der Waals surface area contributed by atoms with E-state index in [0.717, 1.165) is 31.8 Å². The van der Waals surface area contributed by atoms with Gasteiger partial charge in [0.05, 0.1) is 5.84 Å². The van der Waals surface area contributed by atoms with Crippen molar-refractivity contribution in [3.8, 4) is 0 Å². The van der Waals surface area contributed by atoms with Crippen LogP contribution in [0.25, 0.3) is 0 Å². The van der Waals surface area contributed by atoms with Gasteiger partial charge in [0.15, 0.2) is 0 Å². The summed E-state index contributed by atoms with van der Waals surface area (Å²) in [5, 5.41) is 7.66. The van der Waals surface area contributed by atoms with Gasteiger partial charge in [0.2, 0.25) is 0 Å². The van der Waals surface area contributed by atoms with Crippen LogP contribution in [0.5, 0.6) is 0 Å². The first-order valence-corrected chi connectivity index (χ1v) is 7.17. The van der Waals surface area contributed by atoms with E-state index in [4.69, 9.17) is 11.1 Å². The third kappa shape index (κ3) is 3.21. The molecule has 3 nitrogen and oxygen atoms in total. The molecule has 3 heteroatoms. The van der Waals surface area contributed by atoms with Crippen molar-refractivity contribution >= 4 is 5.84 Å². The van der Waals surface area contributed by atoms with Crippen molar-refractivity contribution in [2.45, 2.75) is 51.9 Å². The predicted octanol–water partition coefficient (Wildman–Crippen LogP) is 2.60. The van der Waals surface area contributed by atoms with Crippen LogP contribution in [0, 0.1) is 16.7 Å². The fraction of sp³-hybridized carbons (Fsp3) is 0.929. The molecule has 0 amide bonds.